The van der Waals surface area contributed by atoms with Gasteiger partial charge in [0.1, 0.15) is 20.0 Å². The number of nitrogens with zero attached hydrogens (tertiary/aromatic N) is 4. The van der Waals surface area contributed by atoms with Crippen molar-refractivity contribution in [2.24, 2.45) is 0 Å². The highest BCUT2D eigenvalue weighted by Gasteiger charge is 2.31. The molecule has 4 heterocycles. The third-order valence-corrected chi connectivity index (χ3v) is 17.8. The van der Waals surface area contributed by atoms with E-state index in [9.17, 15) is 0 Å². The predicted octanol–water partition coefficient (Wildman–Crippen LogP) is 21.0. The number of para-hydroxylation sites is 4. The molecule has 0 amide bonds. The number of hydrogen-bond donors (Lipinski definition) is 0. The smallest absolute Gasteiger partial charge is 0.103 e. The van der Waals surface area contributed by atoms with Crippen molar-refractivity contribution in [1.29, 1.82) is 0 Å². The van der Waals surface area contributed by atoms with Crippen LogP contribution in [0.3, 0.4) is 0 Å². The first-order chi connectivity index (χ1) is 35.6. The summed E-state index contributed by atoms with van der Waals surface area (Å²) in [5, 5.41) is 21.3. The fraction of sp³-hybridized carbons (Fsp3) is 0.125. The van der Waals surface area contributed by atoms with Gasteiger partial charge in [-0.25, -0.2) is 0 Å². The second-order valence-electron chi connectivity index (χ2n) is 18.0. The topological polar surface area (TPSA) is 13.0 Å². The molecule has 12 aromatic rings. The first-order valence-corrected chi connectivity index (χ1v) is 28.6. The molecule has 0 fully saturated rings. The predicted molar refractivity (Wildman–Crippen MR) is 318 cm³/mol. The average molecular weight is 1010 g/mol. The molecule has 0 unspecified atom stereocenters. The van der Waals surface area contributed by atoms with Crippen LogP contribution in [0.2, 0.25) is 0 Å². The van der Waals surface area contributed by atoms with E-state index in [1.165, 1.54) is 74.6 Å². The molecule has 8 heteroatoms. The van der Waals surface area contributed by atoms with Gasteiger partial charge < -0.3 is 19.6 Å². The van der Waals surface area contributed by atoms with Gasteiger partial charge in [0.25, 0.3) is 0 Å². The van der Waals surface area contributed by atoms with Gasteiger partial charge >= 0.3 is 0 Å². The zero-order valence-electron chi connectivity index (χ0n) is 40.9. The molecule has 0 aliphatic carbocycles. The van der Waals surface area contributed by atoms with E-state index in [1.807, 2.05) is 45.3 Å². The number of benzene rings is 8. The molecule has 72 heavy (non-hydrogen) atoms. The van der Waals surface area contributed by atoms with Gasteiger partial charge in [-0.2, -0.15) is 0 Å². The van der Waals surface area contributed by atoms with Gasteiger partial charge in [0, 0.05) is 55.1 Å². The molecule has 0 atom stereocenters. The Kier molecular flexibility index (Phi) is 12.6. The third-order valence-electron chi connectivity index (χ3n) is 14.1. The zero-order valence-corrected chi connectivity index (χ0v) is 44.1. The normalized spacial score (nSPS) is 11.6. The van der Waals surface area contributed by atoms with Gasteiger partial charge in [0.05, 0.1) is 22.7 Å². The van der Waals surface area contributed by atoms with Crippen LogP contribution in [0.15, 0.2) is 204 Å². The fourth-order valence-electron chi connectivity index (χ4n) is 10.6. The van der Waals surface area contributed by atoms with Crippen molar-refractivity contribution >= 4 is 143 Å². The Morgan fingerprint density at radius 3 is 0.708 bits per heavy atom. The van der Waals surface area contributed by atoms with Crippen LogP contribution in [-0.4, -0.2) is 0 Å². The van der Waals surface area contributed by atoms with Gasteiger partial charge in [0.2, 0.25) is 0 Å². The summed E-state index contributed by atoms with van der Waals surface area (Å²) < 4.78 is 0. The largest absolute Gasteiger partial charge is 0.301 e. The van der Waals surface area contributed by atoms with Crippen molar-refractivity contribution in [2.75, 3.05) is 19.6 Å². The summed E-state index contributed by atoms with van der Waals surface area (Å²) in [6.45, 7) is 9.11. The first kappa shape index (κ1) is 45.9. The highest BCUT2D eigenvalue weighted by atomic mass is 32.1. The molecule has 0 aliphatic heterocycles. The molecule has 0 saturated heterocycles. The summed E-state index contributed by atoms with van der Waals surface area (Å²) in [5.41, 5.74) is 14.4. The highest BCUT2D eigenvalue weighted by molar-refractivity contribution is 7.15. The lowest BCUT2D eigenvalue weighted by Crippen LogP contribution is -2.16. The molecule has 4 aromatic heterocycles. The maximum Gasteiger partial charge on any atom is 0.103 e. The van der Waals surface area contributed by atoms with E-state index < -0.39 is 0 Å². The first-order valence-electron chi connectivity index (χ1n) is 25.0. The lowest BCUT2D eigenvalue weighted by Gasteiger charge is -2.34. The Labute approximate surface area is 438 Å². The summed E-state index contributed by atoms with van der Waals surface area (Å²) in [6.07, 6.45) is 3.70. The SMILES string of the molecule is CCc1ccsc1N(c1ccccc1)c1cc(N(c2ccccc2)c2sccc2CC)c2ccc3c(N(c4ccccc4)c4sccc4CC)cc(N(c4ccccc4)c4sccc4CC)c4ccc1c2c43. The van der Waals surface area contributed by atoms with Crippen LogP contribution in [0.5, 0.6) is 0 Å². The Balaban J connectivity index is 1.30. The Bertz CT molecular complexity index is 3290. The van der Waals surface area contributed by atoms with E-state index in [-0.39, 0.29) is 0 Å². The maximum absolute atomic E-state index is 2.55. The quantitative estimate of drug-likeness (QED) is 0.0894. The Morgan fingerprint density at radius 2 is 0.500 bits per heavy atom. The molecule has 0 radical (unpaired) electrons. The van der Waals surface area contributed by atoms with Crippen LogP contribution < -0.4 is 19.6 Å². The molecule has 354 valence electrons. The fourth-order valence-corrected chi connectivity index (χ4v) is 14.7. The number of hydrogen-bond acceptors (Lipinski definition) is 8. The molecule has 0 spiro atoms. The van der Waals surface area contributed by atoms with Crippen LogP contribution in [0.4, 0.5) is 65.5 Å². The van der Waals surface area contributed by atoms with Crippen LogP contribution >= 0.6 is 45.3 Å². The molecular formula is C64H54N4S4. The van der Waals surface area contributed by atoms with E-state index in [1.54, 1.807) is 0 Å². The molecule has 8 aromatic carbocycles. The standard InChI is InChI=1S/C64H54N4S4/c1-5-43-33-37-69-61(43)65(47-21-13-9-14-22-47)55-41-56(66(48-23-15-10-16-24-48)62-44(6-2)34-38-70-62)52-31-32-54-58(68(50-27-19-12-20-28-50)64-46(8-4)36-40-72-64)42-57(53-30-29-51(55)59(52)60(53)54)67(49-25-17-11-18-26-49)63-45(7-3)35-39-71-63/h9-42H,5-8H2,1-4H3. The zero-order chi connectivity index (χ0) is 48.7. The number of rotatable bonds is 16. The van der Waals surface area contributed by atoms with Gasteiger partial charge in [-0.15, -0.1) is 45.3 Å². The monoisotopic (exact) mass is 1010 g/mol. The summed E-state index contributed by atoms with van der Waals surface area (Å²) in [6, 6.07) is 68.0. The van der Waals surface area contributed by atoms with Gasteiger partial charge in [-0.05, 0) is 154 Å². The van der Waals surface area contributed by atoms with Crippen LogP contribution in [0.25, 0.3) is 32.3 Å². The number of thiophene rings is 4. The summed E-state index contributed by atoms with van der Waals surface area (Å²) in [4.78, 5) is 10.2. The van der Waals surface area contributed by atoms with Crippen LogP contribution in [0, 0.1) is 0 Å². The Hall–Kier alpha value is -7.20. The van der Waals surface area contributed by atoms with E-state index >= 15 is 0 Å². The van der Waals surface area contributed by atoms with Crippen molar-refractivity contribution < 1.29 is 0 Å². The van der Waals surface area contributed by atoms with E-state index in [4.69, 9.17) is 0 Å². The Morgan fingerprint density at radius 1 is 0.278 bits per heavy atom. The molecular weight excluding hydrogens is 953 g/mol. The van der Waals surface area contributed by atoms with Crippen molar-refractivity contribution in [3.63, 3.8) is 0 Å². The van der Waals surface area contributed by atoms with Crippen molar-refractivity contribution in [2.45, 2.75) is 53.4 Å². The van der Waals surface area contributed by atoms with Crippen LogP contribution in [-0.2, 0) is 25.7 Å². The average Bonchev–Trinajstić information content (AvgIpc) is 4.30. The summed E-state index contributed by atoms with van der Waals surface area (Å²) in [5.74, 6) is 0. The molecule has 0 aliphatic rings. The van der Waals surface area contributed by atoms with E-state index in [2.05, 4.69) is 251 Å². The van der Waals surface area contributed by atoms with Gasteiger partial charge in [-0.3, -0.25) is 0 Å². The molecule has 0 N–H and O–H groups in total. The van der Waals surface area contributed by atoms with Gasteiger partial charge in [-0.1, -0.05) is 125 Å². The van der Waals surface area contributed by atoms with E-state index in [0.717, 1.165) is 71.2 Å². The van der Waals surface area contributed by atoms with Gasteiger partial charge in [0.15, 0.2) is 0 Å². The maximum atomic E-state index is 2.55. The molecule has 0 saturated carbocycles. The minimum absolute atomic E-state index is 0.925. The second-order valence-corrected chi connectivity index (χ2v) is 21.6. The second kappa shape index (κ2) is 19.8. The van der Waals surface area contributed by atoms with Crippen molar-refractivity contribution in [3.8, 4) is 0 Å². The summed E-state index contributed by atoms with van der Waals surface area (Å²) >= 11 is 7.28. The molecule has 12 rings (SSSR count). The molecule has 0 bridgehead atoms. The highest BCUT2D eigenvalue weighted by Crippen LogP contribution is 2.57. The molecule has 4 nitrogen and oxygen atoms in total. The minimum Gasteiger partial charge on any atom is -0.301 e. The lowest BCUT2D eigenvalue weighted by atomic mass is 9.89. The van der Waals surface area contributed by atoms with Crippen molar-refractivity contribution in [3.05, 3.63) is 226 Å². The van der Waals surface area contributed by atoms with Crippen LogP contribution in [0.1, 0.15) is 49.9 Å². The lowest BCUT2D eigenvalue weighted by molar-refractivity contribution is 1.13. The van der Waals surface area contributed by atoms with E-state index in [0.29, 0.717) is 0 Å². The summed E-state index contributed by atoms with van der Waals surface area (Å²) in [7, 11) is 0. The number of aryl methyl sites for hydroxylation is 4. The van der Waals surface area contributed by atoms with Crippen molar-refractivity contribution in [1.82, 2.24) is 0 Å². The number of anilines is 12. The minimum atomic E-state index is 0.925. The third kappa shape index (κ3) is 7.85.